The van der Waals surface area contributed by atoms with Gasteiger partial charge in [-0.3, -0.25) is 9.59 Å². The minimum absolute atomic E-state index is 0.0704. The number of carbonyl (C=O) groups excluding carboxylic acids is 2. The van der Waals surface area contributed by atoms with Crippen LogP contribution in [-0.4, -0.2) is 56.0 Å². The topological polar surface area (TPSA) is 61.9 Å². The van der Waals surface area contributed by atoms with Gasteiger partial charge in [-0.1, -0.05) is 19.1 Å². The number of rotatable bonds is 6. The zero-order valence-corrected chi connectivity index (χ0v) is 14.7. The van der Waals surface area contributed by atoms with Crippen molar-refractivity contribution in [3.63, 3.8) is 0 Å². The third-order valence-electron chi connectivity index (χ3n) is 4.39. The van der Waals surface area contributed by atoms with Gasteiger partial charge < -0.3 is 19.9 Å². The standard InChI is InChI=1S/C18H27N3O3/c1-4-14(2)19-17(22)13-18(23)21-11-9-20(10-12-21)15-7-5-6-8-16(15)24-3/h5-8,14H,4,9-13H2,1-3H3,(H,19,22). The molecular formula is C18H27N3O3. The fraction of sp³-hybridized carbons (Fsp3) is 0.556. The highest BCUT2D eigenvalue weighted by Crippen LogP contribution is 2.28. The van der Waals surface area contributed by atoms with Crippen LogP contribution in [-0.2, 0) is 9.59 Å². The van der Waals surface area contributed by atoms with Crippen molar-refractivity contribution in [2.45, 2.75) is 32.7 Å². The van der Waals surface area contributed by atoms with Gasteiger partial charge in [0.2, 0.25) is 11.8 Å². The van der Waals surface area contributed by atoms with Crippen molar-refractivity contribution in [1.82, 2.24) is 10.2 Å². The highest BCUT2D eigenvalue weighted by Gasteiger charge is 2.24. The summed E-state index contributed by atoms with van der Waals surface area (Å²) in [4.78, 5) is 28.1. The first-order valence-electron chi connectivity index (χ1n) is 8.50. The van der Waals surface area contributed by atoms with E-state index in [1.165, 1.54) is 0 Å². The molecule has 0 radical (unpaired) electrons. The van der Waals surface area contributed by atoms with E-state index in [0.717, 1.165) is 30.9 Å². The fourth-order valence-electron chi connectivity index (χ4n) is 2.76. The van der Waals surface area contributed by atoms with Crippen molar-refractivity contribution in [2.75, 3.05) is 38.2 Å². The number of piperazine rings is 1. The van der Waals surface area contributed by atoms with Crippen LogP contribution >= 0.6 is 0 Å². The monoisotopic (exact) mass is 333 g/mol. The van der Waals surface area contributed by atoms with E-state index in [2.05, 4.69) is 10.2 Å². The molecule has 0 saturated carbocycles. The highest BCUT2D eigenvalue weighted by molar-refractivity contribution is 5.97. The van der Waals surface area contributed by atoms with Gasteiger partial charge in [0.15, 0.2) is 0 Å². The molecule has 2 amide bonds. The maximum absolute atomic E-state index is 12.3. The lowest BCUT2D eigenvalue weighted by atomic mass is 10.2. The number of amides is 2. The van der Waals surface area contributed by atoms with Crippen LogP contribution in [0.4, 0.5) is 5.69 Å². The molecule has 6 nitrogen and oxygen atoms in total. The van der Waals surface area contributed by atoms with Gasteiger partial charge in [0.05, 0.1) is 12.8 Å². The first-order chi connectivity index (χ1) is 11.5. The average Bonchev–Trinajstić information content (AvgIpc) is 2.61. The van der Waals surface area contributed by atoms with Gasteiger partial charge in [-0.2, -0.15) is 0 Å². The van der Waals surface area contributed by atoms with Crippen LogP contribution in [0, 0.1) is 0 Å². The summed E-state index contributed by atoms with van der Waals surface area (Å²) in [6, 6.07) is 7.99. The molecule has 1 unspecified atom stereocenters. The number of hydrogen-bond acceptors (Lipinski definition) is 4. The minimum atomic E-state index is -0.193. The van der Waals surface area contributed by atoms with Crippen LogP contribution in [0.1, 0.15) is 26.7 Å². The molecule has 1 saturated heterocycles. The number of hydrogen-bond donors (Lipinski definition) is 1. The Morgan fingerprint density at radius 2 is 1.88 bits per heavy atom. The minimum Gasteiger partial charge on any atom is -0.495 e. The Labute approximate surface area is 143 Å². The zero-order valence-electron chi connectivity index (χ0n) is 14.7. The molecule has 2 rings (SSSR count). The van der Waals surface area contributed by atoms with E-state index in [4.69, 9.17) is 4.74 Å². The van der Waals surface area contributed by atoms with Crippen LogP contribution in [0.5, 0.6) is 5.75 Å². The highest BCUT2D eigenvalue weighted by atomic mass is 16.5. The predicted molar refractivity (Wildman–Crippen MR) is 94.3 cm³/mol. The summed E-state index contributed by atoms with van der Waals surface area (Å²) < 4.78 is 5.40. The third kappa shape index (κ3) is 4.63. The quantitative estimate of drug-likeness (QED) is 0.804. The van der Waals surface area contributed by atoms with Gasteiger partial charge in [0, 0.05) is 32.2 Å². The first kappa shape index (κ1) is 18.1. The lowest BCUT2D eigenvalue weighted by Gasteiger charge is -2.36. The van der Waals surface area contributed by atoms with Gasteiger partial charge in [0.1, 0.15) is 12.2 Å². The Kier molecular flexibility index (Phi) is 6.46. The Morgan fingerprint density at radius 3 is 2.50 bits per heavy atom. The molecule has 1 atom stereocenters. The molecule has 1 aromatic carbocycles. The van der Waals surface area contributed by atoms with Gasteiger partial charge in [0.25, 0.3) is 0 Å². The molecule has 1 aromatic rings. The Morgan fingerprint density at radius 1 is 1.21 bits per heavy atom. The number of nitrogens with zero attached hydrogens (tertiary/aromatic N) is 2. The molecule has 1 heterocycles. The molecule has 0 aromatic heterocycles. The average molecular weight is 333 g/mol. The summed E-state index contributed by atoms with van der Waals surface area (Å²) in [7, 11) is 1.66. The van der Waals surface area contributed by atoms with Gasteiger partial charge in [-0.05, 0) is 25.5 Å². The molecule has 132 valence electrons. The van der Waals surface area contributed by atoms with Crippen molar-refractivity contribution < 1.29 is 14.3 Å². The molecular weight excluding hydrogens is 306 g/mol. The normalized spacial score (nSPS) is 15.8. The third-order valence-corrected chi connectivity index (χ3v) is 4.39. The predicted octanol–water partition coefficient (Wildman–Crippen LogP) is 1.65. The van der Waals surface area contributed by atoms with E-state index < -0.39 is 0 Å². The van der Waals surface area contributed by atoms with Crippen LogP contribution in [0.2, 0.25) is 0 Å². The van der Waals surface area contributed by atoms with Gasteiger partial charge in [-0.25, -0.2) is 0 Å². The second-order valence-electron chi connectivity index (χ2n) is 6.09. The summed E-state index contributed by atoms with van der Waals surface area (Å²) in [5.41, 5.74) is 1.04. The molecule has 1 fully saturated rings. The van der Waals surface area contributed by atoms with E-state index in [1.54, 1.807) is 12.0 Å². The summed E-state index contributed by atoms with van der Waals surface area (Å²) in [6.07, 6.45) is 0.788. The van der Waals surface area contributed by atoms with E-state index in [1.807, 2.05) is 38.1 Å². The first-order valence-corrected chi connectivity index (χ1v) is 8.50. The van der Waals surface area contributed by atoms with Crippen molar-refractivity contribution in [3.05, 3.63) is 24.3 Å². The Balaban J connectivity index is 1.86. The van der Waals surface area contributed by atoms with Crippen LogP contribution in [0.15, 0.2) is 24.3 Å². The maximum Gasteiger partial charge on any atom is 0.232 e. The van der Waals surface area contributed by atoms with Crippen molar-refractivity contribution in [2.24, 2.45) is 0 Å². The Bertz CT molecular complexity index is 568. The fourth-order valence-corrected chi connectivity index (χ4v) is 2.76. The van der Waals surface area contributed by atoms with E-state index in [0.29, 0.717) is 13.1 Å². The zero-order chi connectivity index (χ0) is 17.5. The van der Waals surface area contributed by atoms with E-state index >= 15 is 0 Å². The number of benzene rings is 1. The number of anilines is 1. The smallest absolute Gasteiger partial charge is 0.232 e. The van der Waals surface area contributed by atoms with Gasteiger partial charge >= 0.3 is 0 Å². The van der Waals surface area contributed by atoms with Crippen LogP contribution < -0.4 is 15.0 Å². The summed E-state index contributed by atoms with van der Waals surface area (Å²) in [5.74, 6) is 0.544. The second kappa shape index (κ2) is 8.57. The van der Waals surface area contributed by atoms with Crippen molar-refractivity contribution >= 4 is 17.5 Å². The maximum atomic E-state index is 12.3. The summed E-state index contributed by atoms with van der Waals surface area (Å²) in [6.45, 7) is 6.65. The number of carbonyl (C=O) groups is 2. The number of para-hydroxylation sites is 2. The molecule has 1 aliphatic rings. The molecule has 1 aliphatic heterocycles. The van der Waals surface area contributed by atoms with Gasteiger partial charge in [-0.15, -0.1) is 0 Å². The SMILES string of the molecule is CCC(C)NC(=O)CC(=O)N1CCN(c2ccccc2OC)CC1. The molecule has 6 heteroatoms. The Hall–Kier alpha value is -2.24. The van der Waals surface area contributed by atoms with E-state index in [-0.39, 0.29) is 24.3 Å². The molecule has 24 heavy (non-hydrogen) atoms. The lowest BCUT2D eigenvalue weighted by molar-refractivity contribution is -0.136. The number of nitrogens with one attached hydrogen (secondary N) is 1. The summed E-state index contributed by atoms with van der Waals surface area (Å²) in [5, 5.41) is 2.84. The largest absolute Gasteiger partial charge is 0.495 e. The van der Waals surface area contributed by atoms with Crippen molar-refractivity contribution in [3.8, 4) is 5.75 Å². The van der Waals surface area contributed by atoms with Crippen LogP contribution in [0.3, 0.4) is 0 Å². The second-order valence-corrected chi connectivity index (χ2v) is 6.09. The summed E-state index contributed by atoms with van der Waals surface area (Å²) >= 11 is 0. The molecule has 0 bridgehead atoms. The van der Waals surface area contributed by atoms with Crippen LogP contribution in [0.25, 0.3) is 0 Å². The van der Waals surface area contributed by atoms with E-state index in [9.17, 15) is 9.59 Å². The molecule has 0 aliphatic carbocycles. The molecule has 1 N–H and O–H groups in total. The molecule has 0 spiro atoms. The van der Waals surface area contributed by atoms with Crippen molar-refractivity contribution in [1.29, 1.82) is 0 Å². The lowest BCUT2D eigenvalue weighted by Crippen LogP contribution is -2.50. The number of ether oxygens (including phenoxy) is 1. The number of methoxy groups -OCH3 is 1.